The van der Waals surface area contributed by atoms with Crippen LogP contribution in [0.5, 0.6) is 0 Å². The van der Waals surface area contributed by atoms with Crippen LogP contribution in [0.25, 0.3) is 0 Å². The van der Waals surface area contributed by atoms with E-state index >= 15 is 0 Å². The van der Waals surface area contributed by atoms with Crippen LogP contribution in [0.15, 0.2) is 22.8 Å². The third-order valence-electron chi connectivity index (χ3n) is 2.60. The molecule has 2 heterocycles. The molecule has 0 aliphatic carbocycles. The Hall–Kier alpha value is -0.850. The maximum Gasteiger partial charge on any atom is 0.211 e. The van der Waals surface area contributed by atoms with Crippen LogP contribution >= 0.6 is 0 Å². The lowest BCUT2D eigenvalue weighted by atomic mass is 10.3. The molecule has 6 heteroatoms. The van der Waals surface area contributed by atoms with Gasteiger partial charge in [0.15, 0.2) is 0 Å². The molecule has 1 fully saturated rings. The second kappa shape index (κ2) is 4.99. The maximum absolute atomic E-state index is 11.3. The standard InChI is InChI=1S/C10H16N2O3S/c13-16(14)8-2-5-12(6-4-11-16)9-10-3-1-7-15-10/h1,3,7,11H,2,4-6,8-9H2. The zero-order chi connectivity index (χ0) is 11.4. The number of furan rings is 1. The van der Waals surface area contributed by atoms with Gasteiger partial charge in [0.2, 0.25) is 10.0 Å². The smallest absolute Gasteiger partial charge is 0.211 e. The van der Waals surface area contributed by atoms with Gasteiger partial charge in [-0.2, -0.15) is 0 Å². The lowest BCUT2D eigenvalue weighted by Crippen LogP contribution is -2.40. The third kappa shape index (κ3) is 3.33. The second-order valence-electron chi connectivity index (χ2n) is 3.92. The van der Waals surface area contributed by atoms with E-state index in [9.17, 15) is 8.42 Å². The molecule has 1 N–H and O–H groups in total. The fourth-order valence-electron chi connectivity index (χ4n) is 1.80. The summed E-state index contributed by atoms with van der Waals surface area (Å²) in [5, 5.41) is 0. The van der Waals surface area contributed by atoms with Crippen molar-refractivity contribution in [2.75, 3.05) is 25.4 Å². The van der Waals surface area contributed by atoms with E-state index in [2.05, 4.69) is 9.62 Å². The Morgan fingerprint density at radius 1 is 1.44 bits per heavy atom. The Labute approximate surface area is 95.5 Å². The van der Waals surface area contributed by atoms with Crippen molar-refractivity contribution in [1.29, 1.82) is 0 Å². The summed E-state index contributed by atoms with van der Waals surface area (Å²) in [7, 11) is -3.03. The molecule has 0 spiro atoms. The van der Waals surface area contributed by atoms with Gasteiger partial charge in [0.05, 0.1) is 18.6 Å². The zero-order valence-electron chi connectivity index (χ0n) is 9.05. The van der Waals surface area contributed by atoms with E-state index in [1.165, 1.54) is 0 Å². The summed E-state index contributed by atoms with van der Waals surface area (Å²) in [6.45, 7) is 2.74. The Kier molecular flexibility index (Phi) is 3.63. The highest BCUT2D eigenvalue weighted by Crippen LogP contribution is 2.07. The molecule has 2 rings (SSSR count). The molecule has 0 bridgehead atoms. The first-order valence-corrected chi connectivity index (χ1v) is 7.03. The third-order valence-corrected chi connectivity index (χ3v) is 4.07. The molecule has 0 unspecified atom stereocenters. The van der Waals surface area contributed by atoms with Gasteiger partial charge in [-0.15, -0.1) is 0 Å². The largest absolute Gasteiger partial charge is 0.468 e. The highest BCUT2D eigenvalue weighted by Gasteiger charge is 2.16. The number of sulfonamides is 1. The van der Waals surface area contributed by atoms with E-state index in [4.69, 9.17) is 4.42 Å². The van der Waals surface area contributed by atoms with Gasteiger partial charge in [-0.05, 0) is 25.1 Å². The van der Waals surface area contributed by atoms with E-state index in [0.717, 1.165) is 25.4 Å². The van der Waals surface area contributed by atoms with E-state index in [-0.39, 0.29) is 5.75 Å². The van der Waals surface area contributed by atoms with Crippen molar-refractivity contribution in [2.24, 2.45) is 0 Å². The van der Waals surface area contributed by atoms with Gasteiger partial charge in [-0.3, -0.25) is 4.90 Å². The van der Waals surface area contributed by atoms with Crippen LogP contribution in [-0.2, 0) is 16.6 Å². The molecular formula is C10H16N2O3S. The van der Waals surface area contributed by atoms with Crippen LogP contribution in [0.2, 0.25) is 0 Å². The molecule has 1 aliphatic heterocycles. The molecule has 0 saturated carbocycles. The molecule has 0 radical (unpaired) electrons. The Bertz CT molecular complexity index is 397. The molecule has 16 heavy (non-hydrogen) atoms. The van der Waals surface area contributed by atoms with Crippen molar-refractivity contribution in [1.82, 2.24) is 9.62 Å². The number of hydrogen-bond donors (Lipinski definition) is 1. The number of hydrogen-bond acceptors (Lipinski definition) is 4. The van der Waals surface area contributed by atoms with Crippen LogP contribution in [0.3, 0.4) is 0 Å². The van der Waals surface area contributed by atoms with Crippen LogP contribution in [-0.4, -0.2) is 38.7 Å². The first-order chi connectivity index (χ1) is 7.66. The molecular weight excluding hydrogens is 228 g/mol. The average Bonchev–Trinajstić information content (AvgIpc) is 2.67. The summed E-state index contributed by atoms with van der Waals surface area (Å²) >= 11 is 0. The summed E-state index contributed by atoms with van der Waals surface area (Å²) in [5.74, 6) is 1.13. The van der Waals surface area contributed by atoms with Crippen molar-refractivity contribution in [3.05, 3.63) is 24.2 Å². The monoisotopic (exact) mass is 244 g/mol. The van der Waals surface area contributed by atoms with Crippen LogP contribution < -0.4 is 4.72 Å². The summed E-state index contributed by atoms with van der Waals surface area (Å²) < 4.78 is 30.4. The second-order valence-corrected chi connectivity index (χ2v) is 5.85. The Balaban J connectivity index is 1.89. The average molecular weight is 244 g/mol. The molecule has 1 aliphatic rings. The molecule has 0 atom stereocenters. The van der Waals surface area contributed by atoms with Gasteiger partial charge in [0.1, 0.15) is 5.76 Å². The summed E-state index contributed by atoms with van der Waals surface area (Å²) in [5.41, 5.74) is 0. The molecule has 0 amide bonds. The fourth-order valence-corrected chi connectivity index (χ4v) is 2.86. The molecule has 90 valence electrons. The van der Waals surface area contributed by atoms with E-state index < -0.39 is 10.0 Å². The van der Waals surface area contributed by atoms with E-state index in [1.54, 1.807) is 6.26 Å². The minimum atomic E-state index is -3.03. The summed E-state index contributed by atoms with van der Waals surface area (Å²) in [6, 6.07) is 3.80. The first-order valence-electron chi connectivity index (χ1n) is 5.38. The number of rotatable bonds is 2. The highest BCUT2D eigenvalue weighted by atomic mass is 32.2. The highest BCUT2D eigenvalue weighted by molar-refractivity contribution is 7.89. The predicted octanol–water partition coefficient (Wildman–Crippen LogP) is 0.405. The van der Waals surface area contributed by atoms with Gasteiger partial charge in [-0.1, -0.05) is 0 Å². The summed E-state index contributed by atoms with van der Waals surface area (Å²) in [4.78, 5) is 2.19. The Morgan fingerprint density at radius 3 is 3.06 bits per heavy atom. The molecule has 5 nitrogen and oxygen atoms in total. The first kappa shape index (κ1) is 11.6. The van der Waals surface area contributed by atoms with E-state index in [1.807, 2.05) is 12.1 Å². The van der Waals surface area contributed by atoms with Gasteiger partial charge >= 0.3 is 0 Å². The van der Waals surface area contributed by atoms with Crippen molar-refractivity contribution < 1.29 is 12.8 Å². The van der Waals surface area contributed by atoms with Gasteiger partial charge in [0, 0.05) is 13.1 Å². The van der Waals surface area contributed by atoms with Crippen molar-refractivity contribution >= 4 is 10.0 Å². The van der Waals surface area contributed by atoms with Crippen LogP contribution in [0.1, 0.15) is 12.2 Å². The fraction of sp³-hybridized carbons (Fsp3) is 0.600. The molecule has 1 saturated heterocycles. The van der Waals surface area contributed by atoms with Crippen molar-refractivity contribution in [3.63, 3.8) is 0 Å². The topological polar surface area (TPSA) is 62.6 Å². The molecule has 1 aromatic heterocycles. The predicted molar refractivity (Wildman–Crippen MR) is 60.4 cm³/mol. The summed E-state index contributed by atoms with van der Waals surface area (Å²) in [6.07, 6.45) is 2.32. The lowest BCUT2D eigenvalue weighted by Gasteiger charge is -2.23. The van der Waals surface area contributed by atoms with Gasteiger partial charge in [-0.25, -0.2) is 13.1 Å². The molecule has 1 aromatic rings. The maximum atomic E-state index is 11.3. The minimum Gasteiger partial charge on any atom is -0.468 e. The van der Waals surface area contributed by atoms with Gasteiger partial charge < -0.3 is 4.42 Å². The Morgan fingerprint density at radius 2 is 2.31 bits per heavy atom. The zero-order valence-corrected chi connectivity index (χ0v) is 9.87. The molecule has 0 aromatic carbocycles. The lowest BCUT2D eigenvalue weighted by molar-refractivity contribution is 0.245. The van der Waals surface area contributed by atoms with Crippen molar-refractivity contribution in [2.45, 2.75) is 13.0 Å². The van der Waals surface area contributed by atoms with E-state index in [0.29, 0.717) is 13.0 Å². The quantitative estimate of drug-likeness (QED) is 0.818. The minimum absolute atomic E-state index is 0.210. The van der Waals surface area contributed by atoms with Crippen LogP contribution in [0.4, 0.5) is 0 Å². The van der Waals surface area contributed by atoms with Crippen LogP contribution in [0, 0.1) is 0 Å². The van der Waals surface area contributed by atoms with Gasteiger partial charge in [0.25, 0.3) is 0 Å². The number of nitrogens with zero attached hydrogens (tertiary/aromatic N) is 1. The van der Waals surface area contributed by atoms with Crippen molar-refractivity contribution in [3.8, 4) is 0 Å². The normalized spacial score (nSPS) is 22.5. The SMILES string of the molecule is O=S1(=O)CCCN(Cc2ccco2)CCN1. The number of nitrogens with one attached hydrogen (secondary N) is 1.